The second kappa shape index (κ2) is 7.12. The van der Waals surface area contributed by atoms with E-state index in [0.29, 0.717) is 5.56 Å². The minimum Gasteiger partial charge on any atom is -0.476 e. The summed E-state index contributed by atoms with van der Waals surface area (Å²) in [6, 6.07) is 10.2. The highest BCUT2D eigenvalue weighted by molar-refractivity contribution is 7.92. The molecule has 10 heteroatoms. The average Bonchev–Trinajstić information content (AvgIpc) is 2.66. The highest BCUT2D eigenvalue weighted by atomic mass is 32.2. The van der Waals surface area contributed by atoms with Crippen molar-refractivity contribution in [2.24, 2.45) is 0 Å². The maximum atomic E-state index is 13.3. The number of nitro groups is 1. The van der Waals surface area contributed by atoms with E-state index in [1.165, 1.54) is 24.0 Å². The van der Waals surface area contributed by atoms with Crippen molar-refractivity contribution >= 4 is 27.3 Å². The van der Waals surface area contributed by atoms with Crippen LogP contribution in [0, 0.1) is 17.0 Å². The average molecular weight is 405 g/mol. The number of rotatable bonds is 4. The maximum absolute atomic E-state index is 13.3. The van der Waals surface area contributed by atoms with Gasteiger partial charge < -0.3 is 9.64 Å². The third-order valence-corrected chi connectivity index (χ3v) is 6.19. The fraction of sp³-hybridized carbons (Fsp3) is 0.278. The van der Waals surface area contributed by atoms with Crippen LogP contribution in [-0.4, -0.2) is 50.9 Å². The van der Waals surface area contributed by atoms with Gasteiger partial charge in [-0.2, -0.15) is 0 Å². The first-order valence-electron chi connectivity index (χ1n) is 8.37. The van der Waals surface area contributed by atoms with Crippen molar-refractivity contribution in [3.05, 3.63) is 58.1 Å². The summed E-state index contributed by atoms with van der Waals surface area (Å²) in [7, 11) is -1.06. The van der Waals surface area contributed by atoms with Gasteiger partial charge in [-0.15, -0.1) is 0 Å². The lowest BCUT2D eigenvalue weighted by atomic mass is 10.2. The molecule has 0 spiro atoms. The lowest BCUT2D eigenvalue weighted by molar-refractivity contribution is -0.385. The monoisotopic (exact) mass is 405 g/mol. The minimum absolute atomic E-state index is 0.224. The van der Waals surface area contributed by atoms with Crippen molar-refractivity contribution in [2.75, 3.05) is 24.9 Å². The number of para-hydroxylation sites is 2. The molecule has 0 saturated carbocycles. The quantitative estimate of drug-likeness (QED) is 0.568. The zero-order valence-electron chi connectivity index (χ0n) is 15.5. The third-order valence-electron chi connectivity index (χ3n) is 4.42. The topological polar surface area (TPSA) is 110 Å². The van der Waals surface area contributed by atoms with Crippen LogP contribution in [0.15, 0.2) is 47.4 Å². The summed E-state index contributed by atoms with van der Waals surface area (Å²) in [6.45, 7) is 1.29. The number of aryl methyl sites for hydroxylation is 1. The molecule has 28 heavy (non-hydrogen) atoms. The molecular formula is C18H19N3O6S. The molecule has 3 rings (SSSR count). The van der Waals surface area contributed by atoms with Gasteiger partial charge in [-0.05, 0) is 25.1 Å². The van der Waals surface area contributed by atoms with Crippen LogP contribution in [0.4, 0.5) is 11.4 Å². The number of nitro benzene ring substituents is 1. The summed E-state index contributed by atoms with van der Waals surface area (Å²) in [5, 5.41) is 11.2. The molecule has 0 N–H and O–H groups in total. The second-order valence-electron chi connectivity index (χ2n) is 6.55. The molecule has 1 amide bonds. The fourth-order valence-electron chi connectivity index (χ4n) is 2.92. The highest BCUT2D eigenvalue weighted by Crippen LogP contribution is 2.37. The minimum atomic E-state index is -4.16. The van der Waals surface area contributed by atoms with Crippen LogP contribution >= 0.6 is 0 Å². The first-order chi connectivity index (χ1) is 13.1. The molecule has 0 aromatic heterocycles. The number of likely N-dealkylation sites (N-methyl/N-ethyl adjacent to an activating group) is 1. The molecule has 0 saturated heterocycles. The number of hydrogen-bond donors (Lipinski definition) is 0. The summed E-state index contributed by atoms with van der Waals surface area (Å²) >= 11 is 0. The molecule has 1 atom stereocenters. The molecule has 1 heterocycles. The van der Waals surface area contributed by atoms with Crippen molar-refractivity contribution in [2.45, 2.75) is 17.9 Å². The van der Waals surface area contributed by atoms with Crippen molar-refractivity contribution in [3.8, 4) is 5.75 Å². The number of fused-ring (bicyclic) bond motifs is 1. The first-order valence-corrected chi connectivity index (χ1v) is 9.81. The zero-order chi connectivity index (χ0) is 20.6. The van der Waals surface area contributed by atoms with Crippen molar-refractivity contribution in [1.82, 2.24) is 4.90 Å². The molecular weight excluding hydrogens is 386 g/mol. The van der Waals surface area contributed by atoms with Gasteiger partial charge in [0.05, 0.1) is 22.1 Å². The van der Waals surface area contributed by atoms with E-state index in [0.717, 1.165) is 10.4 Å². The standard InChI is InChI=1S/C18H19N3O6S/c1-12-8-9-13(10-15(12)21(23)24)28(25,26)20-11-17(18(22)19(2)3)27-16-7-5-4-6-14(16)20/h4-10,17H,11H2,1-3H3/t17-/m0/s1. The normalized spacial score (nSPS) is 16.1. The van der Waals surface area contributed by atoms with Gasteiger partial charge in [0, 0.05) is 25.7 Å². The van der Waals surface area contributed by atoms with Crippen LogP contribution in [0.2, 0.25) is 0 Å². The van der Waals surface area contributed by atoms with Crippen LogP contribution < -0.4 is 9.04 Å². The molecule has 1 aliphatic heterocycles. The van der Waals surface area contributed by atoms with Gasteiger partial charge in [-0.1, -0.05) is 18.2 Å². The molecule has 0 unspecified atom stereocenters. The number of benzene rings is 2. The molecule has 2 aromatic rings. The van der Waals surface area contributed by atoms with Gasteiger partial charge in [0.25, 0.3) is 21.6 Å². The molecule has 9 nitrogen and oxygen atoms in total. The van der Waals surface area contributed by atoms with Crippen molar-refractivity contribution < 1.29 is 22.9 Å². The van der Waals surface area contributed by atoms with Crippen molar-refractivity contribution in [1.29, 1.82) is 0 Å². The predicted octanol–water partition coefficient (Wildman–Crippen LogP) is 1.95. The largest absolute Gasteiger partial charge is 0.476 e. The Morgan fingerprint density at radius 2 is 1.93 bits per heavy atom. The van der Waals surface area contributed by atoms with Crippen LogP contribution in [-0.2, 0) is 14.8 Å². The van der Waals surface area contributed by atoms with E-state index in [4.69, 9.17) is 4.74 Å². The lowest BCUT2D eigenvalue weighted by Crippen LogP contribution is -2.50. The number of ether oxygens (including phenoxy) is 1. The maximum Gasteiger partial charge on any atom is 0.273 e. The van der Waals surface area contributed by atoms with E-state index in [1.807, 2.05) is 0 Å². The summed E-state index contributed by atoms with van der Waals surface area (Å²) in [5.41, 5.74) is 0.337. The fourth-order valence-corrected chi connectivity index (χ4v) is 4.42. The number of carbonyl (C=O) groups excluding carboxylic acids is 1. The SMILES string of the molecule is Cc1ccc(S(=O)(=O)N2C[C@@H](C(=O)N(C)C)Oc3ccccc32)cc1[N+](=O)[O-]. The molecule has 0 fully saturated rings. The van der Waals surface area contributed by atoms with E-state index in [2.05, 4.69) is 0 Å². The number of hydrogen-bond acceptors (Lipinski definition) is 6. The molecule has 1 aliphatic rings. The third kappa shape index (κ3) is 3.38. The summed E-state index contributed by atoms with van der Waals surface area (Å²) < 4.78 is 33.3. The van der Waals surface area contributed by atoms with Crippen LogP contribution in [0.25, 0.3) is 0 Å². The zero-order valence-corrected chi connectivity index (χ0v) is 16.3. The van der Waals surface area contributed by atoms with E-state index in [1.54, 1.807) is 38.4 Å². The summed E-state index contributed by atoms with van der Waals surface area (Å²) in [5.74, 6) is -0.135. The van der Waals surface area contributed by atoms with Gasteiger partial charge in [0.1, 0.15) is 5.75 Å². The van der Waals surface area contributed by atoms with Crippen LogP contribution in [0.3, 0.4) is 0 Å². The Bertz CT molecular complexity index is 1050. The van der Waals surface area contributed by atoms with Gasteiger partial charge in [-0.3, -0.25) is 19.2 Å². The summed E-state index contributed by atoms with van der Waals surface area (Å²) in [4.78, 5) is 24.1. The first kappa shape index (κ1) is 19.6. The Morgan fingerprint density at radius 3 is 2.57 bits per heavy atom. The molecule has 0 radical (unpaired) electrons. The molecule has 2 aromatic carbocycles. The Morgan fingerprint density at radius 1 is 1.25 bits per heavy atom. The van der Waals surface area contributed by atoms with Gasteiger partial charge in [0.2, 0.25) is 0 Å². The smallest absolute Gasteiger partial charge is 0.273 e. The van der Waals surface area contributed by atoms with E-state index < -0.39 is 21.1 Å². The number of nitrogens with zero attached hydrogens (tertiary/aromatic N) is 3. The highest BCUT2D eigenvalue weighted by Gasteiger charge is 2.38. The summed E-state index contributed by atoms with van der Waals surface area (Å²) in [6.07, 6.45) is -1.03. The van der Waals surface area contributed by atoms with Crippen LogP contribution in [0.1, 0.15) is 5.56 Å². The number of carbonyl (C=O) groups is 1. The van der Waals surface area contributed by atoms with Gasteiger partial charge in [0.15, 0.2) is 6.10 Å². The van der Waals surface area contributed by atoms with Crippen LogP contribution in [0.5, 0.6) is 5.75 Å². The Labute approximate surface area is 162 Å². The predicted molar refractivity (Wildman–Crippen MR) is 102 cm³/mol. The second-order valence-corrected chi connectivity index (χ2v) is 8.41. The molecule has 148 valence electrons. The number of sulfonamides is 1. The van der Waals surface area contributed by atoms with E-state index in [-0.39, 0.29) is 34.5 Å². The lowest BCUT2D eigenvalue weighted by Gasteiger charge is -2.35. The van der Waals surface area contributed by atoms with E-state index >= 15 is 0 Å². The van der Waals surface area contributed by atoms with Gasteiger partial charge in [-0.25, -0.2) is 8.42 Å². The Balaban J connectivity index is 2.11. The Kier molecular flexibility index (Phi) is 4.99. The van der Waals surface area contributed by atoms with E-state index in [9.17, 15) is 23.3 Å². The molecule has 0 bridgehead atoms. The molecule has 0 aliphatic carbocycles. The van der Waals surface area contributed by atoms with Gasteiger partial charge >= 0.3 is 0 Å². The number of anilines is 1. The number of amides is 1. The Hall–Kier alpha value is -3.14. The van der Waals surface area contributed by atoms with Crippen molar-refractivity contribution in [3.63, 3.8) is 0 Å².